The van der Waals surface area contributed by atoms with Crippen LogP contribution >= 0.6 is 0 Å². The number of piperidine rings is 1. The normalized spacial score (nSPS) is 16.0. The zero-order valence-electron chi connectivity index (χ0n) is 15.7. The Hall–Kier alpha value is -1.88. The molecule has 0 aliphatic carbocycles. The van der Waals surface area contributed by atoms with Crippen LogP contribution in [0, 0.1) is 5.92 Å². The van der Waals surface area contributed by atoms with E-state index in [0.717, 1.165) is 50.1 Å². The molecule has 0 spiro atoms. The lowest BCUT2D eigenvalue weighted by Crippen LogP contribution is -2.43. The van der Waals surface area contributed by atoms with Gasteiger partial charge in [0.25, 0.3) is 0 Å². The van der Waals surface area contributed by atoms with Gasteiger partial charge in [-0.25, -0.2) is 0 Å². The number of carbonyl (C=O) groups excluding carboxylic acids is 2. The van der Waals surface area contributed by atoms with Gasteiger partial charge in [0.15, 0.2) is 0 Å². The number of benzene rings is 1. The maximum absolute atomic E-state index is 12.4. The van der Waals surface area contributed by atoms with Gasteiger partial charge < -0.3 is 10.6 Å². The van der Waals surface area contributed by atoms with Crippen LogP contribution in [-0.2, 0) is 9.59 Å². The van der Waals surface area contributed by atoms with Crippen molar-refractivity contribution in [1.82, 2.24) is 10.2 Å². The highest BCUT2D eigenvalue weighted by Crippen LogP contribution is 2.24. The summed E-state index contributed by atoms with van der Waals surface area (Å²) in [4.78, 5) is 26.5. The summed E-state index contributed by atoms with van der Waals surface area (Å²) >= 11 is 0. The molecule has 2 N–H and O–H groups in total. The first-order chi connectivity index (χ1) is 12.0. The molecule has 2 rings (SSSR count). The first-order valence-electron chi connectivity index (χ1n) is 9.40. The molecule has 1 saturated heterocycles. The molecule has 5 nitrogen and oxygen atoms in total. The highest BCUT2D eigenvalue weighted by atomic mass is 16.2. The van der Waals surface area contributed by atoms with Crippen LogP contribution in [0.3, 0.4) is 0 Å². The van der Waals surface area contributed by atoms with Crippen molar-refractivity contribution in [2.24, 2.45) is 5.92 Å². The summed E-state index contributed by atoms with van der Waals surface area (Å²) in [6.45, 7) is 9.02. The minimum Gasteiger partial charge on any atom is -0.356 e. The number of rotatable bonds is 7. The number of anilines is 1. The summed E-state index contributed by atoms with van der Waals surface area (Å²) < 4.78 is 0. The Bertz CT molecular complexity index is 578. The van der Waals surface area contributed by atoms with Crippen LogP contribution in [0.2, 0.25) is 0 Å². The average molecular weight is 345 g/mol. The lowest BCUT2D eigenvalue weighted by molar-refractivity contribution is -0.126. The molecule has 0 saturated carbocycles. The third-order valence-corrected chi connectivity index (χ3v) is 4.73. The Labute approximate surface area is 151 Å². The Kier molecular flexibility index (Phi) is 7.44. The SMILES string of the molecule is CCCNC(=O)C1CCN(CC(=O)Nc2ccccc2C(C)C)CC1. The molecule has 0 atom stereocenters. The van der Waals surface area contributed by atoms with Crippen LogP contribution in [-0.4, -0.2) is 42.9 Å². The molecular formula is C20H31N3O2. The van der Waals surface area contributed by atoms with Crippen LogP contribution in [0.5, 0.6) is 0 Å². The van der Waals surface area contributed by atoms with Gasteiger partial charge >= 0.3 is 0 Å². The maximum atomic E-state index is 12.4. The van der Waals surface area contributed by atoms with Crippen molar-refractivity contribution >= 4 is 17.5 Å². The number of para-hydroxylation sites is 1. The molecule has 1 aromatic carbocycles. The predicted octanol–water partition coefficient (Wildman–Crippen LogP) is 2.99. The van der Waals surface area contributed by atoms with E-state index in [1.165, 1.54) is 0 Å². The van der Waals surface area contributed by atoms with Crippen molar-refractivity contribution in [3.05, 3.63) is 29.8 Å². The molecular weight excluding hydrogens is 314 g/mol. The fourth-order valence-electron chi connectivity index (χ4n) is 3.25. The van der Waals surface area contributed by atoms with Gasteiger partial charge in [-0.1, -0.05) is 39.0 Å². The number of hydrogen-bond donors (Lipinski definition) is 2. The van der Waals surface area contributed by atoms with Gasteiger partial charge in [0, 0.05) is 18.2 Å². The molecule has 0 unspecified atom stereocenters. The number of nitrogens with zero attached hydrogens (tertiary/aromatic N) is 1. The van der Waals surface area contributed by atoms with E-state index in [1.807, 2.05) is 18.2 Å². The van der Waals surface area contributed by atoms with Gasteiger partial charge in [-0.3, -0.25) is 14.5 Å². The quantitative estimate of drug-likeness (QED) is 0.799. The molecule has 2 amide bonds. The molecule has 1 heterocycles. The first kappa shape index (κ1) is 19.4. The van der Waals surface area contributed by atoms with E-state index in [2.05, 4.69) is 42.4 Å². The predicted molar refractivity (Wildman–Crippen MR) is 102 cm³/mol. The standard InChI is InChI=1S/C20H31N3O2/c1-4-11-21-20(25)16-9-12-23(13-10-16)14-19(24)22-18-8-6-5-7-17(18)15(2)3/h5-8,15-16H,4,9-14H2,1-3H3,(H,21,25)(H,22,24). The van der Waals surface area contributed by atoms with Crippen LogP contribution in [0.1, 0.15) is 51.5 Å². The van der Waals surface area contributed by atoms with E-state index >= 15 is 0 Å². The minimum absolute atomic E-state index is 0.0157. The molecule has 1 aromatic rings. The van der Waals surface area contributed by atoms with Crippen LogP contribution in [0.25, 0.3) is 0 Å². The summed E-state index contributed by atoms with van der Waals surface area (Å²) in [5.41, 5.74) is 2.05. The lowest BCUT2D eigenvalue weighted by atomic mass is 9.96. The number of amides is 2. The van der Waals surface area contributed by atoms with Gasteiger partial charge in [0.1, 0.15) is 0 Å². The second-order valence-electron chi connectivity index (χ2n) is 7.13. The Morgan fingerprint density at radius 1 is 1.20 bits per heavy atom. The van der Waals surface area contributed by atoms with Crippen molar-refractivity contribution < 1.29 is 9.59 Å². The summed E-state index contributed by atoms with van der Waals surface area (Å²) in [7, 11) is 0. The largest absolute Gasteiger partial charge is 0.356 e. The van der Waals surface area contributed by atoms with Crippen LogP contribution < -0.4 is 10.6 Å². The average Bonchev–Trinajstić information content (AvgIpc) is 2.60. The molecule has 1 fully saturated rings. The van der Waals surface area contributed by atoms with E-state index in [9.17, 15) is 9.59 Å². The van der Waals surface area contributed by atoms with Gasteiger partial charge in [-0.05, 0) is 49.9 Å². The summed E-state index contributed by atoms with van der Waals surface area (Å²) in [5, 5.41) is 6.01. The van der Waals surface area contributed by atoms with Gasteiger partial charge in [0.2, 0.25) is 11.8 Å². The number of carbonyl (C=O) groups is 2. The lowest BCUT2D eigenvalue weighted by Gasteiger charge is -2.30. The molecule has 0 bridgehead atoms. The molecule has 1 aliphatic rings. The molecule has 0 radical (unpaired) electrons. The highest BCUT2D eigenvalue weighted by molar-refractivity contribution is 5.93. The first-order valence-corrected chi connectivity index (χ1v) is 9.40. The van der Waals surface area contributed by atoms with E-state index in [-0.39, 0.29) is 17.7 Å². The molecule has 25 heavy (non-hydrogen) atoms. The summed E-state index contributed by atoms with van der Waals surface area (Å²) in [5.74, 6) is 0.639. The van der Waals surface area contributed by atoms with Gasteiger partial charge in [-0.15, -0.1) is 0 Å². The topological polar surface area (TPSA) is 61.4 Å². The second kappa shape index (κ2) is 9.56. The smallest absolute Gasteiger partial charge is 0.238 e. The maximum Gasteiger partial charge on any atom is 0.238 e. The zero-order chi connectivity index (χ0) is 18.2. The zero-order valence-corrected chi connectivity index (χ0v) is 15.7. The highest BCUT2D eigenvalue weighted by Gasteiger charge is 2.25. The second-order valence-corrected chi connectivity index (χ2v) is 7.13. The van der Waals surface area contributed by atoms with Crippen molar-refractivity contribution in [3.8, 4) is 0 Å². The third-order valence-electron chi connectivity index (χ3n) is 4.73. The van der Waals surface area contributed by atoms with Crippen molar-refractivity contribution in [3.63, 3.8) is 0 Å². The minimum atomic E-state index is 0.0157. The third kappa shape index (κ3) is 5.85. The number of nitrogens with one attached hydrogen (secondary N) is 2. The molecule has 1 aliphatic heterocycles. The van der Waals surface area contributed by atoms with Crippen molar-refractivity contribution in [1.29, 1.82) is 0 Å². The van der Waals surface area contributed by atoms with Crippen molar-refractivity contribution in [2.75, 3.05) is 31.5 Å². The van der Waals surface area contributed by atoms with Crippen LogP contribution in [0.4, 0.5) is 5.69 Å². The number of hydrogen-bond acceptors (Lipinski definition) is 3. The van der Waals surface area contributed by atoms with E-state index in [0.29, 0.717) is 12.5 Å². The van der Waals surface area contributed by atoms with E-state index in [4.69, 9.17) is 0 Å². The van der Waals surface area contributed by atoms with Gasteiger partial charge in [0.05, 0.1) is 6.54 Å². The van der Waals surface area contributed by atoms with E-state index < -0.39 is 0 Å². The molecule has 0 aromatic heterocycles. The molecule has 5 heteroatoms. The Balaban J connectivity index is 1.80. The Morgan fingerprint density at radius 2 is 1.88 bits per heavy atom. The van der Waals surface area contributed by atoms with Crippen LogP contribution in [0.15, 0.2) is 24.3 Å². The monoisotopic (exact) mass is 345 g/mol. The summed E-state index contributed by atoms with van der Waals surface area (Å²) in [6.07, 6.45) is 2.61. The fourth-order valence-corrected chi connectivity index (χ4v) is 3.25. The van der Waals surface area contributed by atoms with Gasteiger partial charge in [-0.2, -0.15) is 0 Å². The fraction of sp³-hybridized carbons (Fsp3) is 0.600. The van der Waals surface area contributed by atoms with E-state index in [1.54, 1.807) is 0 Å². The summed E-state index contributed by atoms with van der Waals surface area (Å²) in [6, 6.07) is 7.96. The Morgan fingerprint density at radius 3 is 2.52 bits per heavy atom. The number of likely N-dealkylation sites (tertiary alicyclic amines) is 1. The van der Waals surface area contributed by atoms with Crippen molar-refractivity contribution in [2.45, 2.75) is 46.0 Å². The molecule has 138 valence electrons.